The molecule has 0 aromatic carbocycles. The van der Waals surface area contributed by atoms with Crippen molar-refractivity contribution < 1.29 is 18.7 Å². The highest BCUT2D eigenvalue weighted by Crippen LogP contribution is 2.04. The molecule has 0 saturated heterocycles. The Kier molecular flexibility index (Phi) is 8.15. The van der Waals surface area contributed by atoms with Crippen molar-refractivity contribution in [2.75, 3.05) is 39.9 Å². The van der Waals surface area contributed by atoms with E-state index in [1.165, 1.54) is 6.92 Å². The van der Waals surface area contributed by atoms with Gasteiger partial charge in [-0.25, -0.2) is 0 Å². The van der Waals surface area contributed by atoms with Crippen LogP contribution in [0.15, 0.2) is 22.8 Å². The highest BCUT2D eigenvalue weighted by Gasteiger charge is 2.12. The third-order valence-electron chi connectivity index (χ3n) is 2.76. The van der Waals surface area contributed by atoms with Crippen molar-refractivity contribution in [2.24, 2.45) is 0 Å². The Bertz CT molecular complexity index is 420. The molecular weight excluding hydrogens is 274 g/mol. The lowest BCUT2D eigenvalue weighted by Crippen LogP contribution is -2.41. The number of amides is 2. The molecule has 1 rings (SSSR count). The number of methoxy groups -OCH3 is 1. The molecule has 0 fully saturated rings. The fourth-order valence-corrected chi connectivity index (χ4v) is 1.76. The molecule has 1 aromatic rings. The van der Waals surface area contributed by atoms with Crippen LogP contribution in [0.5, 0.6) is 0 Å². The maximum atomic E-state index is 11.9. The van der Waals surface area contributed by atoms with E-state index in [4.69, 9.17) is 9.15 Å². The minimum atomic E-state index is -0.108. The first-order valence-electron chi connectivity index (χ1n) is 6.86. The van der Waals surface area contributed by atoms with Crippen molar-refractivity contribution in [1.82, 2.24) is 15.5 Å². The zero-order chi connectivity index (χ0) is 15.5. The van der Waals surface area contributed by atoms with Crippen LogP contribution in [0.1, 0.15) is 12.7 Å². The molecule has 0 aliphatic carbocycles. The van der Waals surface area contributed by atoms with E-state index in [0.29, 0.717) is 32.8 Å². The average Bonchev–Trinajstić information content (AvgIpc) is 2.93. The zero-order valence-electron chi connectivity index (χ0n) is 12.6. The number of hydrogen-bond donors (Lipinski definition) is 2. The van der Waals surface area contributed by atoms with E-state index >= 15 is 0 Å². The Hall–Kier alpha value is -1.86. The molecule has 0 radical (unpaired) electrons. The quantitative estimate of drug-likeness (QED) is 0.593. The molecule has 0 atom stereocenters. The molecule has 2 N–H and O–H groups in total. The van der Waals surface area contributed by atoms with Gasteiger partial charge >= 0.3 is 0 Å². The summed E-state index contributed by atoms with van der Waals surface area (Å²) in [6, 6.07) is 3.69. The largest absolute Gasteiger partial charge is 0.468 e. The molecule has 1 heterocycles. The molecule has 0 bridgehead atoms. The third-order valence-corrected chi connectivity index (χ3v) is 2.76. The summed E-state index contributed by atoms with van der Waals surface area (Å²) >= 11 is 0. The van der Waals surface area contributed by atoms with Crippen molar-refractivity contribution in [1.29, 1.82) is 0 Å². The molecule has 7 heteroatoms. The summed E-state index contributed by atoms with van der Waals surface area (Å²) in [5.41, 5.74) is 0. The molecule has 0 spiro atoms. The Labute approximate surface area is 124 Å². The van der Waals surface area contributed by atoms with Crippen LogP contribution >= 0.6 is 0 Å². The normalized spacial score (nSPS) is 10.6. The first-order valence-corrected chi connectivity index (χ1v) is 6.86. The monoisotopic (exact) mass is 297 g/mol. The van der Waals surface area contributed by atoms with Crippen LogP contribution in [0, 0.1) is 0 Å². The van der Waals surface area contributed by atoms with Gasteiger partial charge in [-0.2, -0.15) is 0 Å². The number of ether oxygens (including phenoxy) is 1. The van der Waals surface area contributed by atoms with Crippen LogP contribution in [0.3, 0.4) is 0 Å². The standard InChI is InChI=1S/C14H23N3O4/c1-12(18)15-5-6-16-14(19)11-17(7-9-20-2)10-13-4-3-8-21-13/h3-4,8H,5-7,9-11H2,1-2H3,(H,15,18)(H,16,19). The van der Waals surface area contributed by atoms with Crippen LogP contribution in [0.2, 0.25) is 0 Å². The molecule has 118 valence electrons. The minimum absolute atomic E-state index is 0.0944. The smallest absolute Gasteiger partial charge is 0.234 e. The van der Waals surface area contributed by atoms with Gasteiger partial charge in [0, 0.05) is 33.7 Å². The molecule has 0 unspecified atom stereocenters. The first-order chi connectivity index (χ1) is 10.1. The lowest BCUT2D eigenvalue weighted by atomic mass is 10.3. The van der Waals surface area contributed by atoms with Gasteiger partial charge in [0.05, 0.1) is 26.0 Å². The highest BCUT2D eigenvalue weighted by molar-refractivity contribution is 5.78. The molecule has 1 aromatic heterocycles. The molecular formula is C14H23N3O4. The van der Waals surface area contributed by atoms with Crippen molar-refractivity contribution in [3.05, 3.63) is 24.2 Å². The van der Waals surface area contributed by atoms with E-state index in [1.54, 1.807) is 13.4 Å². The van der Waals surface area contributed by atoms with Gasteiger partial charge in [0.15, 0.2) is 0 Å². The predicted molar refractivity (Wildman–Crippen MR) is 77.6 cm³/mol. The van der Waals surface area contributed by atoms with Crippen LogP contribution < -0.4 is 10.6 Å². The van der Waals surface area contributed by atoms with Crippen LogP contribution in [-0.2, 0) is 20.9 Å². The van der Waals surface area contributed by atoms with Gasteiger partial charge < -0.3 is 19.8 Å². The molecule has 0 aliphatic rings. The van der Waals surface area contributed by atoms with E-state index in [9.17, 15) is 9.59 Å². The number of rotatable bonds is 10. The van der Waals surface area contributed by atoms with Gasteiger partial charge in [0.2, 0.25) is 11.8 Å². The van der Waals surface area contributed by atoms with Crippen molar-refractivity contribution in [3.63, 3.8) is 0 Å². The molecule has 7 nitrogen and oxygen atoms in total. The van der Waals surface area contributed by atoms with E-state index in [2.05, 4.69) is 10.6 Å². The SMILES string of the molecule is COCCN(CC(=O)NCCNC(C)=O)Cc1ccco1. The van der Waals surface area contributed by atoms with E-state index in [0.717, 1.165) is 5.76 Å². The maximum absolute atomic E-state index is 11.9. The summed E-state index contributed by atoms with van der Waals surface area (Å²) < 4.78 is 10.3. The number of carbonyl (C=O) groups is 2. The predicted octanol–water partition coefficient (Wildman–Crippen LogP) is -0.0197. The number of carbonyl (C=O) groups excluding carboxylic acids is 2. The average molecular weight is 297 g/mol. The summed E-state index contributed by atoms with van der Waals surface area (Å²) in [5.74, 6) is 0.601. The van der Waals surface area contributed by atoms with Crippen LogP contribution in [0.4, 0.5) is 0 Å². The van der Waals surface area contributed by atoms with E-state index in [-0.39, 0.29) is 18.4 Å². The second-order valence-electron chi connectivity index (χ2n) is 4.62. The van der Waals surface area contributed by atoms with Gasteiger partial charge in [0.25, 0.3) is 0 Å². The van der Waals surface area contributed by atoms with Gasteiger partial charge in [0.1, 0.15) is 5.76 Å². The second kappa shape index (κ2) is 9.95. The van der Waals surface area contributed by atoms with Gasteiger partial charge in [-0.15, -0.1) is 0 Å². The van der Waals surface area contributed by atoms with Crippen molar-refractivity contribution in [2.45, 2.75) is 13.5 Å². The van der Waals surface area contributed by atoms with Crippen LogP contribution in [-0.4, -0.2) is 56.6 Å². The first kappa shape index (κ1) is 17.2. The lowest BCUT2D eigenvalue weighted by Gasteiger charge is -2.20. The van der Waals surface area contributed by atoms with Crippen LogP contribution in [0.25, 0.3) is 0 Å². The topological polar surface area (TPSA) is 83.8 Å². The molecule has 0 saturated carbocycles. The fraction of sp³-hybridized carbons (Fsp3) is 0.571. The Balaban J connectivity index is 2.33. The maximum Gasteiger partial charge on any atom is 0.234 e. The lowest BCUT2D eigenvalue weighted by molar-refractivity contribution is -0.123. The zero-order valence-corrected chi connectivity index (χ0v) is 12.6. The number of nitrogens with one attached hydrogen (secondary N) is 2. The summed E-state index contributed by atoms with van der Waals surface area (Å²) in [7, 11) is 1.62. The number of hydrogen-bond acceptors (Lipinski definition) is 5. The van der Waals surface area contributed by atoms with Crippen molar-refractivity contribution in [3.8, 4) is 0 Å². The summed E-state index contributed by atoms with van der Waals surface area (Å²) in [6.45, 7) is 4.27. The number of nitrogens with zero attached hydrogens (tertiary/aromatic N) is 1. The summed E-state index contributed by atoms with van der Waals surface area (Å²) in [4.78, 5) is 24.5. The third kappa shape index (κ3) is 8.11. The Morgan fingerprint density at radius 3 is 2.71 bits per heavy atom. The summed E-state index contributed by atoms with van der Waals surface area (Å²) in [6.07, 6.45) is 1.61. The Morgan fingerprint density at radius 1 is 1.33 bits per heavy atom. The summed E-state index contributed by atoms with van der Waals surface area (Å²) in [5, 5.41) is 5.38. The molecule has 2 amide bonds. The second-order valence-corrected chi connectivity index (χ2v) is 4.62. The van der Waals surface area contributed by atoms with Crippen molar-refractivity contribution >= 4 is 11.8 Å². The molecule has 21 heavy (non-hydrogen) atoms. The van der Waals surface area contributed by atoms with E-state index in [1.807, 2.05) is 17.0 Å². The van der Waals surface area contributed by atoms with Gasteiger partial charge in [-0.1, -0.05) is 0 Å². The fourth-order valence-electron chi connectivity index (χ4n) is 1.76. The van der Waals surface area contributed by atoms with E-state index < -0.39 is 0 Å². The Morgan fingerprint density at radius 2 is 2.10 bits per heavy atom. The minimum Gasteiger partial charge on any atom is -0.468 e. The molecule has 0 aliphatic heterocycles. The highest BCUT2D eigenvalue weighted by atomic mass is 16.5. The van der Waals surface area contributed by atoms with Gasteiger partial charge in [-0.05, 0) is 12.1 Å². The van der Waals surface area contributed by atoms with Gasteiger partial charge in [-0.3, -0.25) is 14.5 Å². The number of furan rings is 1.